The molecular formula is C12H8Cl2N4OS2. The summed E-state index contributed by atoms with van der Waals surface area (Å²) in [6.07, 6.45) is 1.65. The number of benzene rings is 1. The number of hydrogen-bond donors (Lipinski definition) is 1. The third-order valence-electron chi connectivity index (χ3n) is 2.59. The maximum absolute atomic E-state index is 11.6. The molecule has 2 heterocycles. The monoisotopic (exact) mass is 358 g/mol. The first-order valence-corrected chi connectivity index (χ1v) is 8.76. The van der Waals surface area contributed by atoms with E-state index >= 15 is 0 Å². The smallest absolute Gasteiger partial charge is 0.258 e. The summed E-state index contributed by atoms with van der Waals surface area (Å²) in [5.41, 5.74) is 0.558. The molecule has 108 valence electrons. The summed E-state index contributed by atoms with van der Waals surface area (Å²) in [4.78, 5) is 16.5. The standard InChI is InChI=1S/C12H8Cl2N4OS2/c13-8-2-1-3-9(14)11(8)17-12-16-10(19)6-21(12)5-7-4-15-18-20-7/h1-5H,6H2,(H,16,17,19). The van der Waals surface area contributed by atoms with E-state index < -0.39 is 10.5 Å². The summed E-state index contributed by atoms with van der Waals surface area (Å²) in [7, 11) is -0.464. The van der Waals surface area contributed by atoms with E-state index in [1.54, 1.807) is 24.4 Å². The number of carbonyl (C=O) groups excluding carboxylic acids is 1. The molecule has 1 N–H and O–H groups in total. The van der Waals surface area contributed by atoms with Crippen molar-refractivity contribution >= 4 is 67.3 Å². The molecule has 1 unspecified atom stereocenters. The minimum Gasteiger partial charge on any atom is -0.333 e. The zero-order chi connectivity index (χ0) is 14.8. The van der Waals surface area contributed by atoms with E-state index in [1.165, 1.54) is 11.5 Å². The van der Waals surface area contributed by atoms with Gasteiger partial charge in [-0.3, -0.25) is 4.79 Å². The first-order chi connectivity index (χ1) is 10.1. The highest BCUT2D eigenvalue weighted by Gasteiger charge is 2.21. The lowest BCUT2D eigenvalue weighted by atomic mass is 10.3. The van der Waals surface area contributed by atoms with Crippen LogP contribution in [0.4, 0.5) is 5.69 Å². The number of rotatable bonds is 2. The van der Waals surface area contributed by atoms with Gasteiger partial charge in [-0.25, -0.2) is 0 Å². The van der Waals surface area contributed by atoms with E-state index in [4.69, 9.17) is 23.2 Å². The normalized spacial score (nSPS) is 18.1. The van der Waals surface area contributed by atoms with Gasteiger partial charge in [-0.1, -0.05) is 33.8 Å². The second kappa shape index (κ2) is 6.23. The highest BCUT2D eigenvalue weighted by atomic mass is 35.5. The quantitative estimate of drug-likeness (QED) is 0.836. The maximum Gasteiger partial charge on any atom is 0.258 e. The van der Waals surface area contributed by atoms with Gasteiger partial charge in [0.25, 0.3) is 5.91 Å². The second-order valence-corrected chi connectivity index (χ2v) is 7.44. The number of anilines is 1. The lowest BCUT2D eigenvalue weighted by Crippen LogP contribution is -2.08. The van der Waals surface area contributed by atoms with Crippen LogP contribution in [0.2, 0.25) is 10.0 Å². The Morgan fingerprint density at radius 3 is 2.76 bits per heavy atom. The van der Waals surface area contributed by atoms with Crippen molar-refractivity contribution in [1.29, 1.82) is 0 Å². The van der Waals surface area contributed by atoms with Gasteiger partial charge in [0.1, 0.15) is 0 Å². The van der Waals surface area contributed by atoms with Gasteiger partial charge in [0.05, 0.1) is 32.6 Å². The van der Waals surface area contributed by atoms with Gasteiger partial charge in [-0.15, -0.1) is 15.6 Å². The third-order valence-corrected chi connectivity index (χ3v) is 5.76. The average Bonchev–Trinajstić information content (AvgIpc) is 3.05. The fourth-order valence-corrected chi connectivity index (χ4v) is 4.44. The lowest BCUT2D eigenvalue weighted by molar-refractivity contribution is -0.115. The topological polar surface area (TPSA) is 67.2 Å². The van der Waals surface area contributed by atoms with Crippen LogP contribution in [0, 0.1) is 0 Å². The van der Waals surface area contributed by atoms with Crippen LogP contribution in [0.5, 0.6) is 0 Å². The Kier molecular flexibility index (Phi) is 4.34. The SMILES string of the molecule is O=C1CS(=Cc2cnns2)C(Nc2c(Cl)cccc2Cl)=N1. The molecule has 1 amide bonds. The summed E-state index contributed by atoms with van der Waals surface area (Å²) < 4.78 is 3.80. The molecule has 0 spiro atoms. The molecule has 2 aromatic rings. The Balaban J connectivity index is 1.93. The molecule has 0 radical (unpaired) electrons. The first-order valence-electron chi connectivity index (χ1n) is 5.78. The van der Waals surface area contributed by atoms with E-state index in [0.29, 0.717) is 26.7 Å². The summed E-state index contributed by atoms with van der Waals surface area (Å²) in [6, 6.07) is 5.20. The zero-order valence-electron chi connectivity index (χ0n) is 10.4. The molecule has 0 aliphatic carbocycles. The molecule has 1 aliphatic rings. The van der Waals surface area contributed by atoms with Crippen molar-refractivity contribution in [2.75, 3.05) is 11.1 Å². The van der Waals surface area contributed by atoms with Crippen molar-refractivity contribution in [3.63, 3.8) is 0 Å². The van der Waals surface area contributed by atoms with Crippen molar-refractivity contribution in [3.05, 3.63) is 39.3 Å². The maximum atomic E-state index is 11.6. The van der Waals surface area contributed by atoms with Crippen LogP contribution in [0.15, 0.2) is 29.4 Å². The van der Waals surface area contributed by atoms with Gasteiger partial charge in [-0.2, -0.15) is 4.99 Å². The minimum absolute atomic E-state index is 0.169. The van der Waals surface area contributed by atoms with Crippen LogP contribution in [0.25, 0.3) is 0 Å². The number of para-hydroxylation sites is 1. The predicted molar refractivity (Wildman–Crippen MR) is 90.1 cm³/mol. The van der Waals surface area contributed by atoms with E-state index in [1.807, 2.05) is 5.37 Å². The molecule has 1 aliphatic heterocycles. The number of nitrogens with zero attached hydrogens (tertiary/aromatic N) is 3. The highest BCUT2D eigenvalue weighted by Crippen LogP contribution is 2.33. The molecule has 21 heavy (non-hydrogen) atoms. The van der Waals surface area contributed by atoms with Crippen molar-refractivity contribution in [3.8, 4) is 0 Å². The van der Waals surface area contributed by atoms with Gasteiger partial charge in [-0.05, 0) is 29.0 Å². The molecule has 1 atom stereocenters. The van der Waals surface area contributed by atoms with Crippen LogP contribution in [0.1, 0.15) is 4.88 Å². The van der Waals surface area contributed by atoms with Crippen LogP contribution >= 0.6 is 45.2 Å². The fourth-order valence-electron chi connectivity index (χ4n) is 1.69. The number of halogens is 2. The van der Waals surface area contributed by atoms with E-state index in [9.17, 15) is 4.79 Å². The zero-order valence-corrected chi connectivity index (χ0v) is 13.6. The third kappa shape index (κ3) is 3.32. The van der Waals surface area contributed by atoms with Crippen LogP contribution in [-0.2, 0) is 4.79 Å². The van der Waals surface area contributed by atoms with E-state index in [-0.39, 0.29) is 5.91 Å². The molecule has 9 heteroatoms. The molecule has 1 aromatic carbocycles. The fraction of sp³-hybridized carbons (Fsp3) is 0.0833. The molecule has 1 aromatic heterocycles. The van der Waals surface area contributed by atoms with Gasteiger partial charge < -0.3 is 5.32 Å². The number of amidine groups is 1. The average molecular weight is 359 g/mol. The molecule has 0 bridgehead atoms. The largest absolute Gasteiger partial charge is 0.333 e. The Bertz CT molecular complexity index is 738. The van der Waals surface area contributed by atoms with Gasteiger partial charge in [0, 0.05) is 0 Å². The number of aliphatic imine (C=N–C) groups is 1. The lowest BCUT2D eigenvalue weighted by Gasteiger charge is -2.11. The number of amides is 1. The van der Waals surface area contributed by atoms with Crippen molar-refractivity contribution < 1.29 is 4.79 Å². The van der Waals surface area contributed by atoms with Crippen molar-refractivity contribution in [2.24, 2.45) is 4.99 Å². The second-order valence-electron chi connectivity index (χ2n) is 4.04. The molecule has 0 saturated heterocycles. The number of hydrogen-bond acceptors (Lipinski definition) is 5. The number of aromatic nitrogens is 2. The summed E-state index contributed by atoms with van der Waals surface area (Å²) >= 11 is 13.5. The summed E-state index contributed by atoms with van der Waals surface area (Å²) in [6.45, 7) is 0. The predicted octanol–water partition coefficient (Wildman–Crippen LogP) is 3.27. The summed E-state index contributed by atoms with van der Waals surface area (Å²) in [5.74, 6) is 0.167. The van der Waals surface area contributed by atoms with Crippen molar-refractivity contribution in [1.82, 2.24) is 9.59 Å². The molecule has 5 nitrogen and oxygen atoms in total. The highest BCUT2D eigenvalue weighted by molar-refractivity contribution is 8.29. The van der Waals surface area contributed by atoms with E-state index in [2.05, 4.69) is 19.9 Å². The molecular weight excluding hydrogens is 351 g/mol. The Morgan fingerprint density at radius 1 is 1.33 bits per heavy atom. The van der Waals surface area contributed by atoms with Gasteiger partial charge in [0.15, 0.2) is 5.17 Å². The Morgan fingerprint density at radius 2 is 2.10 bits per heavy atom. The van der Waals surface area contributed by atoms with Crippen molar-refractivity contribution in [2.45, 2.75) is 0 Å². The Labute approximate surface area is 137 Å². The van der Waals surface area contributed by atoms with Crippen LogP contribution in [0.3, 0.4) is 0 Å². The first kappa shape index (κ1) is 14.6. The summed E-state index contributed by atoms with van der Waals surface area (Å²) in [5, 5.41) is 10.3. The van der Waals surface area contributed by atoms with Gasteiger partial charge >= 0.3 is 0 Å². The molecule has 3 rings (SSSR count). The molecule has 0 fully saturated rings. The number of carbonyl (C=O) groups is 1. The Hall–Kier alpha value is -1.28. The van der Waals surface area contributed by atoms with Crippen LogP contribution in [-0.4, -0.2) is 31.8 Å². The van der Waals surface area contributed by atoms with Gasteiger partial charge in [0.2, 0.25) is 0 Å². The minimum atomic E-state index is -0.464. The molecule has 0 saturated carbocycles. The van der Waals surface area contributed by atoms with E-state index in [0.717, 1.165) is 4.88 Å². The number of nitrogens with one attached hydrogen (secondary N) is 1. The van der Waals surface area contributed by atoms with Crippen LogP contribution < -0.4 is 5.32 Å².